The van der Waals surface area contributed by atoms with Crippen LogP contribution in [0.15, 0.2) is 30.5 Å². The molecular weight excluding hydrogens is 371 g/mol. The van der Waals surface area contributed by atoms with Crippen molar-refractivity contribution in [3.63, 3.8) is 0 Å². The highest BCUT2D eigenvalue weighted by Crippen LogP contribution is 2.65. The summed E-state index contributed by atoms with van der Waals surface area (Å²) in [6.45, 7) is 6.37. The Labute approximate surface area is 167 Å². The fraction of sp³-hybridized carbons (Fsp3) is 0.529. The number of H-pyrrole nitrogens is 1. The number of nitrogens with zero attached hydrogens (tertiary/aromatic N) is 1. The third kappa shape index (κ3) is 2.27. The molecule has 1 N–H and O–H groups in total. The number of piperidine rings is 1. The number of nitrogens with one attached hydrogen (secondary N) is 1. The summed E-state index contributed by atoms with van der Waals surface area (Å²) in [4.78, 5) is 5.26. The van der Waals surface area contributed by atoms with Crippen LogP contribution >= 0.6 is 50.5 Å². The average Bonchev–Trinajstić information content (AvgIpc) is 2.88. The summed E-state index contributed by atoms with van der Waals surface area (Å²) in [5.41, 5.74) is 1.91. The molecule has 128 valence electrons. The quantitative estimate of drug-likeness (QED) is 0.279. The van der Waals surface area contributed by atoms with E-state index in [9.17, 15) is 0 Å². The molecule has 0 spiro atoms. The number of hydrogen-bond acceptors (Lipinski definition) is 5. The van der Waals surface area contributed by atoms with E-state index in [0.717, 1.165) is 11.1 Å². The smallest absolute Gasteiger partial charge is 0.114 e. The maximum atomic E-state index is 6.64. The Morgan fingerprint density at radius 1 is 1.08 bits per heavy atom. The van der Waals surface area contributed by atoms with Gasteiger partial charge in [-0.1, -0.05) is 32.0 Å². The van der Waals surface area contributed by atoms with Crippen molar-refractivity contribution in [1.82, 2.24) is 9.88 Å². The van der Waals surface area contributed by atoms with Gasteiger partial charge in [-0.05, 0) is 25.6 Å². The van der Waals surface area contributed by atoms with E-state index in [1.165, 1.54) is 5.39 Å². The van der Waals surface area contributed by atoms with Gasteiger partial charge in [0.05, 0.1) is 0 Å². The van der Waals surface area contributed by atoms with Crippen LogP contribution < -0.4 is 0 Å². The Bertz CT molecular complexity index is 754. The maximum absolute atomic E-state index is 6.64. The van der Waals surface area contributed by atoms with E-state index < -0.39 is 13.7 Å². The first-order valence-corrected chi connectivity index (χ1v) is 9.64. The molecule has 1 aliphatic rings. The molecular formula is C17H23BN2S4. The number of benzene rings is 1. The minimum atomic E-state index is -1.00. The SMILES string of the molecule is [B]C1(S)N(C)C(S)(S)C(C)(C)C(c2c[nH]c3ccccc23)C1(C)S. The molecule has 1 fully saturated rings. The molecule has 2 heterocycles. The molecule has 24 heavy (non-hydrogen) atoms. The number of likely N-dealkylation sites (tertiary alicyclic amines) is 1. The van der Waals surface area contributed by atoms with Crippen LogP contribution in [-0.4, -0.2) is 38.5 Å². The third-order valence-electron chi connectivity index (χ3n) is 5.80. The minimum Gasteiger partial charge on any atom is -0.361 e. The van der Waals surface area contributed by atoms with Crippen LogP contribution in [0.1, 0.15) is 32.3 Å². The Morgan fingerprint density at radius 2 is 1.67 bits per heavy atom. The second-order valence-corrected chi connectivity index (χ2v) is 10.8. The maximum Gasteiger partial charge on any atom is 0.114 e. The van der Waals surface area contributed by atoms with Crippen molar-refractivity contribution in [2.45, 2.75) is 40.4 Å². The Balaban J connectivity index is 2.31. The second-order valence-electron chi connectivity index (χ2n) is 7.51. The number of rotatable bonds is 1. The molecule has 1 saturated heterocycles. The molecule has 0 amide bonds. The first-order valence-electron chi connectivity index (χ1n) is 7.85. The van der Waals surface area contributed by atoms with E-state index in [0.29, 0.717) is 0 Å². The Kier molecular flexibility index (Phi) is 4.42. The fourth-order valence-electron chi connectivity index (χ4n) is 4.14. The van der Waals surface area contributed by atoms with Gasteiger partial charge in [0, 0.05) is 37.9 Å². The summed E-state index contributed by atoms with van der Waals surface area (Å²) in [6, 6.07) is 8.26. The minimum absolute atomic E-state index is 0.0295. The first-order chi connectivity index (χ1) is 10.9. The summed E-state index contributed by atoms with van der Waals surface area (Å²) in [6.07, 6.45) is 2.05. The van der Waals surface area contributed by atoms with Crippen molar-refractivity contribution in [3.05, 3.63) is 36.0 Å². The van der Waals surface area contributed by atoms with Crippen molar-refractivity contribution in [1.29, 1.82) is 0 Å². The van der Waals surface area contributed by atoms with Gasteiger partial charge in [-0.2, -0.15) is 25.3 Å². The molecule has 1 aromatic carbocycles. The molecule has 3 atom stereocenters. The number of hydrogen-bond donors (Lipinski definition) is 5. The average molecular weight is 394 g/mol. The van der Waals surface area contributed by atoms with Crippen LogP contribution in [0, 0.1) is 5.41 Å². The largest absolute Gasteiger partial charge is 0.361 e. The molecule has 0 saturated carbocycles. The molecule has 2 aromatic rings. The summed E-state index contributed by atoms with van der Waals surface area (Å²) in [5.74, 6) is -0.0295. The molecule has 7 heteroatoms. The van der Waals surface area contributed by atoms with E-state index in [-0.39, 0.29) is 11.3 Å². The molecule has 3 unspecified atom stereocenters. The molecule has 0 bridgehead atoms. The Morgan fingerprint density at radius 3 is 2.29 bits per heavy atom. The van der Waals surface area contributed by atoms with Gasteiger partial charge in [-0.25, -0.2) is 0 Å². The molecule has 2 nitrogen and oxygen atoms in total. The van der Waals surface area contributed by atoms with Gasteiger partial charge in [0.2, 0.25) is 0 Å². The molecule has 3 rings (SSSR count). The standard InChI is InChI=1S/C17H23BN2S4/c1-14(2)13(11-9-19-12-8-6-5-7-10(11)12)15(3,21)16(18,22)20(4)17(14,23)24/h5-9,13,19,21-24H,1-4H3. The predicted molar refractivity (Wildman–Crippen MR) is 118 cm³/mol. The zero-order valence-corrected chi connectivity index (χ0v) is 17.9. The number of para-hydroxylation sites is 1. The lowest BCUT2D eigenvalue weighted by molar-refractivity contribution is 0.0200. The number of aromatic amines is 1. The van der Waals surface area contributed by atoms with Gasteiger partial charge >= 0.3 is 0 Å². The van der Waals surface area contributed by atoms with Gasteiger partial charge in [-0.15, -0.1) is 25.3 Å². The lowest BCUT2D eigenvalue weighted by atomic mass is 9.58. The monoisotopic (exact) mass is 394 g/mol. The lowest BCUT2D eigenvalue weighted by Crippen LogP contribution is -2.73. The predicted octanol–water partition coefficient (Wildman–Crippen LogP) is 4.18. The summed E-state index contributed by atoms with van der Waals surface area (Å²) < 4.78 is -2.40. The van der Waals surface area contributed by atoms with Crippen LogP contribution in [0.2, 0.25) is 0 Å². The molecule has 1 aromatic heterocycles. The first kappa shape index (κ1) is 19.0. The van der Waals surface area contributed by atoms with Crippen molar-refractivity contribution >= 4 is 69.3 Å². The van der Waals surface area contributed by atoms with Crippen LogP contribution in [0.5, 0.6) is 0 Å². The fourth-order valence-corrected chi connectivity index (χ4v) is 5.76. The van der Waals surface area contributed by atoms with Gasteiger partial charge in [0.1, 0.15) is 12.0 Å². The van der Waals surface area contributed by atoms with Gasteiger partial charge in [0.15, 0.2) is 0 Å². The van der Waals surface area contributed by atoms with Crippen molar-refractivity contribution in [3.8, 4) is 0 Å². The van der Waals surface area contributed by atoms with Crippen LogP contribution in [0.3, 0.4) is 0 Å². The molecule has 2 radical (unpaired) electrons. The van der Waals surface area contributed by atoms with Crippen LogP contribution in [0.4, 0.5) is 0 Å². The van der Waals surface area contributed by atoms with E-state index in [1.807, 2.05) is 31.0 Å². The van der Waals surface area contributed by atoms with E-state index in [1.54, 1.807) is 0 Å². The summed E-state index contributed by atoms with van der Waals surface area (Å²) in [7, 11) is 8.54. The summed E-state index contributed by atoms with van der Waals surface area (Å²) >= 11 is 19.6. The van der Waals surface area contributed by atoms with E-state index in [4.69, 9.17) is 58.4 Å². The topological polar surface area (TPSA) is 19.0 Å². The highest BCUT2D eigenvalue weighted by atomic mass is 32.2. The lowest BCUT2D eigenvalue weighted by Gasteiger charge is -2.67. The molecule has 1 aliphatic heterocycles. The summed E-state index contributed by atoms with van der Waals surface area (Å²) in [5, 5.41) is 1.17. The van der Waals surface area contributed by atoms with Crippen molar-refractivity contribution < 1.29 is 0 Å². The second kappa shape index (κ2) is 5.59. The van der Waals surface area contributed by atoms with E-state index >= 15 is 0 Å². The number of thiol groups is 4. The van der Waals surface area contributed by atoms with Gasteiger partial charge in [-0.3, -0.25) is 4.90 Å². The third-order valence-corrected chi connectivity index (χ3v) is 9.10. The Hall–Kier alpha value is 0.185. The highest BCUT2D eigenvalue weighted by molar-refractivity contribution is 8.00. The highest BCUT2D eigenvalue weighted by Gasteiger charge is 2.66. The number of fused-ring (bicyclic) bond motifs is 1. The zero-order valence-electron chi connectivity index (χ0n) is 14.3. The molecule has 0 aliphatic carbocycles. The number of aromatic nitrogens is 1. The van der Waals surface area contributed by atoms with E-state index in [2.05, 4.69) is 37.2 Å². The zero-order chi connectivity index (χ0) is 18.1. The van der Waals surface area contributed by atoms with Gasteiger partial charge in [0.25, 0.3) is 0 Å². The van der Waals surface area contributed by atoms with Crippen molar-refractivity contribution in [2.75, 3.05) is 7.05 Å². The van der Waals surface area contributed by atoms with Crippen LogP contribution in [-0.2, 0) is 0 Å². The van der Waals surface area contributed by atoms with Crippen LogP contribution in [0.25, 0.3) is 10.9 Å². The normalized spacial score (nSPS) is 36.1. The van der Waals surface area contributed by atoms with Gasteiger partial charge < -0.3 is 4.98 Å². The van der Waals surface area contributed by atoms with Crippen molar-refractivity contribution in [2.24, 2.45) is 5.41 Å².